The number of furan rings is 1. The molecule has 0 aromatic carbocycles. The van der Waals surface area contributed by atoms with E-state index in [9.17, 15) is 0 Å². The molecule has 0 aliphatic heterocycles. The van der Waals surface area contributed by atoms with Gasteiger partial charge in [-0.3, -0.25) is 0 Å². The van der Waals surface area contributed by atoms with Crippen molar-refractivity contribution in [1.82, 2.24) is 5.32 Å². The minimum absolute atomic E-state index is 0.369. The molecule has 1 aromatic heterocycles. The summed E-state index contributed by atoms with van der Waals surface area (Å²) in [5, 5.41) is 3.64. The summed E-state index contributed by atoms with van der Waals surface area (Å²) in [4.78, 5) is 0. The van der Waals surface area contributed by atoms with Gasteiger partial charge >= 0.3 is 0 Å². The molecule has 1 fully saturated rings. The Hall–Kier alpha value is -0.800. The van der Waals surface area contributed by atoms with E-state index in [1.54, 1.807) is 6.26 Å². The molecule has 0 saturated heterocycles. The second-order valence-electron chi connectivity index (χ2n) is 6.14. The molecule has 4 unspecified atom stereocenters. The predicted molar refractivity (Wildman–Crippen MR) is 78.8 cm³/mol. The fourth-order valence-corrected chi connectivity index (χ4v) is 3.23. The van der Waals surface area contributed by atoms with E-state index in [2.05, 4.69) is 25.2 Å². The number of nitrogens with two attached hydrogens (primary N) is 1. The van der Waals surface area contributed by atoms with Gasteiger partial charge in [-0.15, -0.1) is 0 Å². The molecule has 19 heavy (non-hydrogen) atoms. The SMILES string of the molecule is CCCNC(CC1CC(C)CCC1N)c1ccoc1. The molecule has 1 aliphatic rings. The van der Waals surface area contributed by atoms with Crippen LogP contribution in [0.2, 0.25) is 0 Å². The minimum atomic E-state index is 0.369. The molecule has 0 radical (unpaired) electrons. The second-order valence-corrected chi connectivity index (χ2v) is 6.14. The monoisotopic (exact) mass is 264 g/mol. The Morgan fingerprint density at radius 2 is 2.32 bits per heavy atom. The van der Waals surface area contributed by atoms with Gasteiger partial charge in [0.25, 0.3) is 0 Å². The van der Waals surface area contributed by atoms with Gasteiger partial charge in [0.1, 0.15) is 0 Å². The first kappa shape index (κ1) is 14.6. The average Bonchev–Trinajstić information content (AvgIpc) is 2.92. The van der Waals surface area contributed by atoms with Crippen LogP contribution in [0, 0.1) is 11.8 Å². The second kappa shape index (κ2) is 7.11. The first-order valence-corrected chi connectivity index (χ1v) is 7.71. The Labute approximate surface area is 116 Å². The minimum Gasteiger partial charge on any atom is -0.472 e. The van der Waals surface area contributed by atoms with E-state index in [1.807, 2.05) is 6.26 Å². The van der Waals surface area contributed by atoms with Gasteiger partial charge in [-0.25, -0.2) is 0 Å². The number of hydrogen-bond donors (Lipinski definition) is 2. The molecule has 0 bridgehead atoms. The highest BCUT2D eigenvalue weighted by Gasteiger charge is 2.28. The molecule has 108 valence electrons. The Morgan fingerprint density at radius 1 is 1.47 bits per heavy atom. The summed E-state index contributed by atoms with van der Waals surface area (Å²) in [6, 6.07) is 2.83. The fraction of sp³-hybridized carbons (Fsp3) is 0.750. The molecule has 1 heterocycles. The lowest BCUT2D eigenvalue weighted by atomic mass is 9.76. The van der Waals surface area contributed by atoms with Gasteiger partial charge in [-0.05, 0) is 56.6 Å². The lowest BCUT2D eigenvalue weighted by Crippen LogP contribution is -2.38. The standard InChI is InChI=1S/C16H28N2O/c1-3-7-18-16(13-6-8-19-11-13)10-14-9-12(2)4-5-15(14)17/h6,8,11-12,14-16,18H,3-5,7,9-10,17H2,1-2H3. The average molecular weight is 264 g/mol. The van der Waals surface area contributed by atoms with Crippen molar-refractivity contribution in [2.24, 2.45) is 17.6 Å². The van der Waals surface area contributed by atoms with E-state index in [4.69, 9.17) is 10.2 Å². The van der Waals surface area contributed by atoms with Crippen LogP contribution in [0.15, 0.2) is 23.0 Å². The summed E-state index contributed by atoms with van der Waals surface area (Å²) >= 11 is 0. The van der Waals surface area contributed by atoms with Crippen molar-refractivity contribution in [2.75, 3.05) is 6.54 Å². The summed E-state index contributed by atoms with van der Waals surface area (Å²) in [5.41, 5.74) is 7.58. The molecule has 3 heteroatoms. The molecule has 1 aliphatic carbocycles. The highest BCUT2D eigenvalue weighted by atomic mass is 16.3. The van der Waals surface area contributed by atoms with E-state index in [1.165, 1.54) is 24.8 Å². The molecular weight excluding hydrogens is 236 g/mol. The Morgan fingerprint density at radius 3 is 3.00 bits per heavy atom. The largest absolute Gasteiger partial charge is 0.472 e. The smallest absolute Gasteiger partial charge is 0.0950 e. The summed E-state index contributed by atoms with van der Waals surface area (Å²) in [5.74, 6) is 1.45. The van der Waals surface area contributed by atoms with Crippen LogP contribution in [-0.4, -0.2) is 12.6 Å². The van der Waals surface area contributed by atoms with Crippen molar-refractivity contribution < 1.29 is 4.42 Å². The first-order valence-electron chi connectivity index (χ1n) is 7.71. The molecule has 0 amide bonds. The third kappa shape index (κ3) is 4.08. The lowest BCUT2D eigenvalue weighted by molar-refractivity contribution is 0.215. The van der Waals surface area contributed by atoms with Crippen molar-refractivity contribution in [3.8, 4) is 0 Å². The Balaban J connectivity index is 1.98. The van der Waals surface area contributed by atoms with Gasteiger partial charge in [0, 0.05) is 17.6 Å². The zero-order chi connectivity index (χ0) is 13.7. The summed E-state index contributed by atoms with van der Waals surface area (Å²) in [7, 11) is 0. The van der Waals surface area contributed by atoms with Crippen LogP contribution in [0.4, 0.5) is 0 Å². The van der Waals surface area contributed by atoms with Crippen molar-refractivity contribution in [3.63, 3.8) is 0 Å². The third-order valence-corrected chi connectivity index (χ3v) is 4.43. The van der Waals surface area contributed by atoms with Gasteiger partial charge in [0.2, 0.25) is 0 Å². The van der Waals surface area contributed by atoms with Crippen molar-refractivity contribution in [2.45, 2.75) is 58.0 Å². The maximum absolute atomic E-state index is 6.32. The Kier molecular flexibility index (Phi) is 5.46. The highest BCUT2D eigenvalue weighted by Crippen LogP contribution is 2.34. The number of rotatable bonds is 6. The zero-order valence-corrected chi connectivity index (χ0v) is 12.3. The molecule has 1 saturated carbocycles. The first-order chi connectivity index (χ1) is 9.20. The van der Waals surface area contributed by atoms with Gasteiger partial charge in [0.15, 0.2) is 0 Å². The van der Waals surface area contributed by atoms with Crippen LogP contribution in [0.3, 0.4) is 0 Å². The maximum atomic E-state index is 6.32. The maximum Gasteiger partial charge on any atom is 0.0950 e. The summed E-state index contributed by atoms with van der Waals surface area (Å²) in [6.45, 7) is 5.60. The van der Waals surface area contributed by atoms with E-state index >= 15 is 0 Å². The van der Waals surface area contributed by atoms with Gasteiger partial charge in [-0.2, -0.15) is 0 Å². The topological polar surface area (TPSA) is 51.2 Å². The molecule has 1 aromatic rings. The van der Waals surface area contributed by atoms with Gasteiger partial charge in [-0.1, -0.05) is 13.8 Å². The van der Waals surface area contributed by atoms with Crippen LogP contribution in [0.5, 0.6) is 0 Å². The van der Waals surface area contributed by atoms with Gasteiger partial charge < -0.3 is 15.5 Å². The number of nitrogens with one attached hydrogen (secondary N) is 1. The van der Waals surface area contributed by atoms with Crippen LogP contribution in [-0.2, 0) is 0 Å². The third-order valence-electron chi connectivity index (χ3n) is 4.43. The van der Waals surface area contributed by atoms with Crippen LogP contribution < -0.4 is 11.1 Å². The van der Waals surface area contributed by atoms with E-state index in [-0.39, 0.29) is 0 Å². The predicted octanol–water partition coefficient (Wildman–Crippen LogP) is 3.47. The van der Waals surface area contributed by atoms with Gasteiger partial charge in [0.05, 0.1) is 12.5 Å². The van der Waals surface area contributed by atoms with Crippen LogP contribution in [0.1, 0.15) is 57.6 Å². The Bertz CT molecular complexity index is 350. The van der Waals surface area contributed by atoms with Crippen molar-refractivity contribution in [1.29, 1.82) is 0 Å². The highest BCUT2D eigenvalue weighted by molar-refractivity contribution is 5.12. The molecule has 0 spiro atoms. The van der Waals surface area contributed by atoms with E-state index < -0.39 is 0 Å². The summed E-state index contributed by atoms with van der Waals surface area (Å²) in [6.07, 6.45) is 9.65. The van der Waals surface area contributed by atoms with E-state index in [0.717, 1.165) is 25.3 Å². The van der Waals surface area contributed by atoms with Crippen LogP contribution >= 0.6 is 0 Å². The van der Waals surface area contributed by atoms with E-state index in [0.29, 0.717) is 18.0 Å². The van der Waals surface area contributed by atoms with Crippen molar-refractivity contribution >= 4 is 0 Å². The molecule has 3 N–H and O–H groups in total. The summed E-state index contributed by atoms with van der Waals surface area (Å²) < 4.78 is 5.24. The molecular formula is C16H28N2O. The number of hydrogen-bond acceptors (Lipinski definition) is 3. The molecule has 4 atom stereocenters. The fourth-order valence-electron chi connectivity index (χ4n) is 3.23. The molecule has 2 rings (SSSR count). The quantitative estimate of drug-likeness (QED) is 0.827. The normalized spacial score (nSPS) is 29.3. The lowest BCUT2D eigenvalue weighted by Gasteiger charge is -2.35. The van der Waals surface area contributed by atoms with Crippen molar-refractivity contribution in [3.05, 3.63) is 24.2 Å². The van der Waals surface area contributed by atoms with Crippen LogP contribution in [0.25, 0.3) is 0 Å². The zero-order valence-electron chi connectivity index (χ0n) is 12.3. The molecule has 3 nitrogen and oxygen atoms in total.